The van der Waals surface area contributed by atoms with E-state index in [1.165, 1.54) is 16.6 Å². The van der Waals surface area contributed by atoms with E-state index < -0.39 is 0 Å². The van der Waals surface area contributed by atoms with Crippen LogP contribution >= 0.6 is 23.1 Å². The maximum absolute atomic E-state index is 12.5. The van der Waals surface area contributed by atoms with Crippen LogP contribution in [0.4, 0.5) is 0 Å². The van der Waals surface area contributed by atoms with Crippen LogP contribution in [0, 0.1) is 6.92 Å². The lowest BCUT2D eigenvalue weighted by atomic mass is 9.97. The summed E-state index contributed by atoms with van der Waals surface area (Å²) in [5.41, 5.74) is 1.70. The number of pyridine rings is 1. The molecule has 0 saturated carbocycles. The number of thioether (sulfide) groups is 1. The molecule has 0 aromatic carbocycles. The summed E-state index contributed by atoms with van der Waals surface area (Å²) in [7, 11) is 0. The van der Waals surface area contributed by atoms with Gasteiger partial charge in [0.2, 0.25) is 0 Å². The van der Waals surface area contributed by atoms with Crippen molar-refractivity contribution in [3.63, 3.8) is 0 Å². The van der Waals surface area contributed by atoms with Crippen molar-refractivity contribution in [1.82, 2.24) is 15.3 Å². The Morgan fingerprint density at radius 3 is 3.19 bits per heavy atom. The number of carbonyl (C=O) groups excluding carboxylic acids is 1. The highest BCUT2D eigenvalue weighted by atomic mass is 32.2. The molecule has 110 valence electrons. The summed E-state index contributed by atoms with van der Waals surface area (Å²) in [6.45, 7) is 2.02. The van der Waals surface area contributed by atoms with Gasteiger partial charge in [0.05, 0.1) is 22.3 Å². The zero-order valence-electron chi connectivity index (χ0n) is 12.0. The number of fused-ring (bicyclic) bond motifs is 1. The van der Waals surface area contributed by atoms with E-state index in [1.54, 1.807) is 23.6 Å². The second-order valence-corrected chi connectivity index (χ2v) is 7.10. The van der Waals surface area contributed by atoms with Gasteiger partial charge < -0.3 is 5.32 Å². The van der Waals surface area contributed by atoms with Crippen molar-refractivity contribution in [2.75, 3.05) is 6.26 Å². The first kappa shape index (κ1) is 14.5. The first-order valence-electron chi connectivity index (χ1n) is 6.95. The summed E-state index contributed by atoms with van der Waals surface area (Å²) in [4.78, 5) is 22.7. The molecule has 0 aliphatic heterocycles. The molecule has 0 saturated heterocycles. The number of rotatable bonds is 3. The van der Waals surface area contributed by atoms with Crippen LogP contribution in [-0.2, 0) is 6.42 Å². The lowest BCUT2D eigenvalue weighted by Crippen LogP contribution is -2.31. The molecule has 6 heteroatoms. The highest BCUT2D eigenvalue weighted by molar-refractivity contribution is 7.98. The van der Waals surface area contributed by atoms with Crippen LogP contribution < -0.4 is 5.32 Å². The van der Waals surface area contributed by atoms with E-state index in [1.807, 2.05) is 19.2 Å². The molecular formula is C15H17N3OS2. The summed E-state index contributed by atoms with van der Waals surface area (Å²) in [6, 6.07) is 3.65. The maximum atomic E-state index is 12.5. The Kier molecular flexibility index (Phi) is 4.26. The van der Waals surface area contributed by atoms with Crippen LogP contribution in [0.15, 0.2) is 23.4 Å². The number of nitrogens with zero attached hydrogens (tertiary/aromatic N) is 2. The Morgan fingerprint density at radius 2 is 2.38 bits per heavy atom. The minimum absolute atomic E-state index is 0.0288. The topological polar surface area (TPSA) is 54.9 Å². The number of amides is 1. The Balaban J connectivity index is 1.82. The SMILES string of the molecule is CSc1ncccc1C(=O)N[C@@H]1CCCc2sc(C)nc21. The molecule has 2 aromatic rings. The molecule has 1 N–H and O–H groups in total. The van der Waals surface area contributed by atoms with Crippen LogP contribution in [0.25, 0.3) is 0 Å². The molecule has 1 amide bonds. The largest absolute Gasteiger partial charge is 0.344 e. The minimum Gasteiger partial charge on any atom is -0.344 e. The highest BCUT2D eigenvalue weighted by Crippen LogP contribution is 2.33. The van der Waals surface area contributed by atoms with Crippen LogP contribution in [0.1, 0.15) is 44.8 Å². The third-order valence-electron chi connectivity index (χ3n) is 3.58. The van der Waals surface area contributed by atoms with Gasteiger partial charge in [0.25, 0.3) is 5.91 Å². The van der Waals surface area contributed by atoms with E-state index in [9.17, 15) is 4.79 Å². The molecule has 0 fully saturated rings. The third-order valence-corrected chi connectivity index (χ3v) is 5.33. The number of hydrogen-bond acceptors (Lipinski definition) is 5. The molecule has 1 atom stereocenters. The fourth-order valence-corrected chi connectivity index (χ4v) is 4.23. The van der Waals surface area contributed by atoms with Crippen LogP contribution in [0.3, 0.4) is 0 Å². The normalized spacial score (nSPS) is 17.3. The van der Waals surface area contributed by atoms with Gasteiger partial charge in [-0.1, -0.05) is 0 Å². The lowest BCUT2D eigenvalue weighted by Gasteiger charge is -2.22. The van der Waals surface area contributed by atoms with Crippen LogP contribution in [-0.4, -0.2) is 22.1 Å². The van der Waals surface area contributed by atoms with Crippen molar-refractivity contribution >= 4 is 29.0 Å². The summed E-state index contributed by atoms with van der Waals surface area (Å²) in [6.07, 6.45) is 6.78. The average Bonchev–Trinajstić information content (AvgIpc) is 2.88. The van der Waals surface area contributed by atoms with E-state index in [0.29, 0.717) is 5.56 Å². The second-order valence-electron chi connectivity index (χ2n) is 5.02. The number of aromatic nitrogens is 2. The molecule has 1 aliphatic rings. The molecule has 0 spiro atoms. The molecular weight excluding hydrogens is 302 g/mol. The Labute approximate surface area is 132 Å². The zero-order valence-corrected chi connectivity index (χ0v) is 13.7. The standard InChI is InChI=1S/C15H17N3OS2/c1-9-17-13-11(6-3-7-12(13)21-9)18-14(19)10-5-4-8-16-15(10)20-2/h4-5,8,11H,3,6-7H2,1-2H3,(H,18,19)/t11-/m1/s1. The number of carbonyl (C=O) groups is 1. The monoisotopic (exact) mass is 319 g/mol. The van der Waals surface area contributed by atoms with Gasteiger partial charge in [-0.15, -0.1) is 23.1 Å². The molecule has 2 heterocycles. The third kappa shape index (κ3) is 2.96. The predicted octanol–water partition coefficient (Wildman–Crippen LogP) is 3.38. The minimum atomic E-state index is -0.0593. The van der Waals surface area contributed by atoms with Crippen molar-refractivity contribution in [2.45, 2.75) is 37.3 Å². The van der Waals surface area contributed by atoms with Gasteiger partial charge in [-0.2, -0.15) is 0 Å². The fraction of sp³-hybridized carbons (Fsp3) is 0.400. The second kappa shape index (κ2) is 6.15. The van der Waals surface area contributed by atoms with Crippen LogP contribution in [0.5, 0.6) is 0 Å². The fourth-order valence-electron chi connectivity index (χ4n) is 2.64. The first-order chi connectivity index (χ1) is 10.2. The van der Waals surface area contributed by atoms with Crippen molar-refractivity contribution in [2.24, 2.45) is 0 Å². The molecule has 2 aromatic heterocycles. The van der Waals surface area contributed by atoms with E-state index >= 15 is 0 Å². The van der Waals surface area contributed by atoms with E-state index in [4.69, 9.17) is 0 Å². The lowest BCUT2D eigenvalue weighted by molar-refractivity contribution is 0.0928. The van der Waals surface area contributed by atoms with E-state index in [0.717, 1.165) is 35.0 Å². The molecule has 0 bridgehead atoms. The van der Waals surface area contributed by atoms with Crippen molar-refractivity contribution in [3.8, 4) is 0 Å². The smallest absolute Gasteiger partial charge is 0.254 e. The van der Waals surface area contributed by atoms with Gasteiger partial charge in [-0.05, 0) is 44.6 Å². The molecule has 3 rings (SSSR count). The molecule has 0 radical (unpaired) electrons. The Bertz CT molecular complexity index is 669. The quantitative estimate of drug-likeness (QED) is 0.881. The van der Waals surface area contributed by atoms with Gasteiger partial charge in [-0.25, -0.2) is 9.97 Å². The van der Waals surface area contributed by atoms with E-state index in [-0.39, 0.29) is 11.9 Å². The zero-order chi connectivity index (χ0) is 14.8. The molecule has 21 heavy (non-hydrogen) atoms. The van der Waals surface area contributed by atoms with Crippen molar-refractivity contribution < 1.29 is 4.79 Å². The predicted molar refractivity (Wildman–Crippen MR) is 86.0 cm³/mol. The summed E-state index contributed by atoms with van der Waals surface area (Å²) < 4.78 is 0. The maximum Gasteiger partial charge on any atom is 0.254 e. The molecule has 4 nitrogen and oxygen atoms in total. The Hall–Kier alpha value is -1.40. The highest BCUT2D eigenvalue weighted by Gasteiger charge is 2.26. The van der Waals surface area contributed by atoms with Gasteiger partial charge in [0, 0.05) is 11.1 Å². The number of thiazole rings is 1. The number of aryl methyl sites for hydroxylation is 2. The van der Waals surface area contributed by atoms with Gasteiger partial charge in [0.15, 0.2) is 0 Å². The van der Waals surface area contributed by atoms with Gasteiger partial charge >= 0.3 is 0 Å². The van der Waals surface area contributed by atoms with E-state index in [2.05, 4.69) is 15.3 Å². The number of nitrogens with one attached hydrogen (secondary N) is 1. The molecule has 0 unspecified atom stereocenters. The van der Waals surface area contributed by atoms with Crippen molar-refractivity contribution in [3.05, 3.63) is 39.5 Å². The summed E-state index contributed by atoms with van der Waals surface area (Å²) in [5, 5.41) is 4.97. The van der Waals surface area contributed by atoms with Crippen molar-refractivity contribution in [1.29, 1.82) is 0 Å². The van der Waals surface area contributed by atoms with Gasteiger partial charge in [-0.3, -0.25) is 4.79 Å². The average molecular weight is 319 g/mol. The Morgan fingerprint density at radius 1 is 1.52 bits per heavy atom. The van der Waals surface area contributed by atoms with Crippen LogP contribution in [0.2, 0.25) is 0 Å². The molecule has 1 aliphatic carbocycles. The first-order valence-corrected chi connectivity index (χ1v) is 8.99. The summed E-state index contributed by atoms with van der Waals surface area (Å²) >= 11 is 3.24. The van der Waals surface area contributed by atoms with Gasteiger partial charge in [0.1, 0.15) is 5.03 Å². The summed E-state index contributed by atoms with van der Waals surface area (Å²) in [5.74, 6) is -0.0593. The number of hydrogen-bond donors (Lipinski definition) is 1.